The van der Waals surface area contributed by atoms with E-state index in [4.69, 9.17) is 0 Å². The van der Waals surface area contributed by atoms with Crippen molar-refractivity contribution < 1.29 is 0 Å². The van der Waals surface area contributed by atoms with Gasteiger partial charge in [0.25, 0.3) is 0 Å². The fourth-order valence-corrected chi connectivity index (χ4v) is 3.53. The van der Waals surface area contributed by atoms with Gasteiger partial charge in [0.1, 0.15) is 0 Å². The van der Waals surface area contributed by atoms with Gasteiger partial charge in [-0.1, -0.05) is 54.4 Å². The van der Waals surface area contributed by atoms with Gasteiger partial charge >= 0.3 is 0 Å². The molecule has 0 spiro atoms. The maximum atomic E-state index is 2.49. The lowest BCUT2D eigenvalue weighted by Crippen LogP contribution is -2.19. The van der Waals surface area contributed by atoms with Crippen molar-refractivity contribution in [3.63, 3.8) is 0 Å². The van der Waals surface area contributed by atoms with E-state index in [1.54, 1.807) is 19.3 Å². The summed E-state index contributed by atoms with van der Waals surface area (Å²) >= 11 is 0. The molecule has 0 radical (unpaired) electrons. The highest BCUT2D eigenvalue weighted by Gasteiger charge is 2.44. The zero-order valence-electron chi connectivity index (χ0n) is 11.8. The predicted octanol–water partition coefficient (Wildman–Crippen LogP) is 5.52. The van der Waals surface area contributed by atoms with Gasteiger partial charge in [0.2, 0.25) is 0 Å². The largest absolute Gasteiger partial charge is 0.0683 e. The first-order valence-corrected chi connectivity index (χ1v) is 7.33. The number of hydrogen-bond donors (Lipinski definition) is 0. The Balaban J connectivity index is 0.000000442. The number of rotatable bonds is 2. The fraction of sp³-hybridized carbons (Fsp3) is 1.00. The molecule has 2 bridgehead atoms. The van der Waals surface area contributed by atoms with Gasteiger partial charge in [0.15, 0.2) is 0 Å². The molecule has 0 aromatic rings. The fourth-order valence-electron chi connectivity index (χ4n) is 3.53. The molecular formula is C15H32. The second-order valence-corrected chi connectivity index (χ2v) is 4.64. The second-order valence-electron chi connectivity index (χ2n) is 4.64. The Bertz CT molecular complexity index is 137. The number of hydrogen-bond acceptors (Lipinski definition) is 0. The molecule has 2 rings (SSSR count). The predicted molar refractivity (Wildman–Crippen MR) is 71.1 cm³/mol. The van der Waals surface area contributed by atoms with Crippen molar-refractivity contribution in [2.45, 2.75) is 73.6 Å². The van der Waals surface area contributed by atoms with E-state index in [2.05, 4.69) is 13.8 Å². The SMILES string of the molecule is CC.CC.CCCC1C2CCC(C2)C1C. The topological polar surface area (TPSA) is 0 Å². The highest BCUT2D eigenvalue weighted by molar-refractivity contribution is 4.93. The molecule has 0 heterocycles. The highest BCUT2D eigenvalue weighted by atomic mass is 14.5. The first kappa shape index (κ1) is 15.0. The van der Waals surface area contributed by atoms with Gasteiger partial charge in [0.05, 0.1) is 0 Å². The smallest absolute Gasteiger partial charge is 0.0357 e. The average molecular weight is 212 g/mol. The van der Waals surface area contributed by atoms with Gasteiger partial charge in [0, 0.05) is 0 Å². The van der Waals surface area contributed by atoms with E-state index >= 15 is 0 Å². The van der Waals surface area contributed by atoms with E-state index in [9.17, 15) is 0 Å². The Kier molecular flexibility index (Phi) is 8.19. The van der Waals surface area contributed by atoms with E-state index < -0.39 is 0 Å². The Morgan fingerprint density at radius 2 is 1.47 bits per heavy atom. The zero-order chi connectivity index (χ0) is 11.8. The van der Waals surface area contributed by atoms with Crippen LogP contribution >= 0.6 is 0 Å². The average Bonchev–Trinajstić information content (AvgIpc) is 2.88. The van der Waals surface area contributed by atoms with Crippen molar-refractivity contribution in [3.8, 4) is 0 Å². The molecule has 0 amide bonds. The third-order valence-electron chi connectivity index (χ3n) is 4.16. The lowest BCUT2D eigenvalue weighted by molar-refractivity contribution is 0.224. The highest BCUT2D eigenvalue weighted by Crippen LogP contribution is 2.53. The summed E-state index contributed by atoms with van der Waals surface area (Å²) in [6, 6.07) is 0. The summed E-state index contributed by atoms with van der Waals surface area (Å²) in [5, 5.41) is 0. The third-order valence-corrected chi connectivity index (χ3v) is 4.16. The second kappa shape index (κ2) is 8.19. The van der Waals surface area contributed by atoms with E-state index in [1.165, 1.54) is 12.8 Å². The first-order valence-electron chi connectivity index (χ1n) is 7.33. The summed E-state index contributed by atoms with van der Waals surface area (Å²) in [4.78, 5) is 0. The van der Waals surface area contributed by atoms with E-state index in [0.29, 0.717) is 0 Å². The molecule has 0 saturated heterocycles. The molecule has 4 unspecified atom stereocenters. The standard InChI is InChI=1S/C11H20.2C2H6/c1-3-4-11-8(2)9-5-6-10(11)7-9;2*1-2/h8-11H,3-7H2,1-2H3;2*1-2H3. The Morgan fingerprint density at radius 1 is 0.933 bits per heavy atom. The van der Waals surface area contributed by atoms with Crippen LogP contribution in [-0.2, 0) is 0 Å². The van der Waals surface area contributed by atoms with Crippen LogP contribution in [0.3, 0.4) is 0 Å². The van der Waals surface area contributed by atoms with Gasteiger partial charge in [-0.2, -0.15) is 0 Å². The summed E-state index contributed by atoms with van der Waals surface area (Å²) in [5.41, 5.74) is 0. The molecule has 2 saturated carbocycles. The normalized spacial score (nSPS) is 36.4. The monoisotopic (exact) mass is 212 g/mol. The summed E-state index contributed by atoms with van der Waals surface area (Å²) in [6.45, 7) is 12.8. The van der Waals surface area contributed by atoms with Crippen molar-refractivity contribution in [1.82, 2.24) is 0 Å². The third kappa shape index (κ3) is 3.50. The minimum absolute atomic E-state index is 1.06. The Labute approximate surface area is 97.8 Å². The quantitative estimate of drug-likeness (QED) is 0.565. The minimum Gasteiger partial charge on any atom is -0.0683 e. The summed E-state index contributed by atoms with van der Waals surface area (Å²) in [6.07, 6.45) is 7.58. The van der Waals surface area contributed by atoms with Gasteiger partial charge in [-0.05, 0) is 42.9 Å². The van der Waals surface area contributed by atoms with Crippen molar-refractivity contribution in [1.29, 1.82) is 0 Å². The molecular weight excluding hydrogens is 180 g/mol. The molecule has 0 nitrogen and oxygen atoms in total. The molecule has 15 heavy (non-hydrogen) atoms. The maximum absolute atomic E-state index is 2.49. The lowest BCUT2D eigenvalue weighted by atomic mass is 9.78. The first-order chi connectivity index (χ1) is 7.33. The lowest BCUT2D eigenvalue weighted by Gasteiger charge is -2.27. The summed E-state index contributed by atoms with van der Waals surface area (Å²) in [7, 11) is 0. The van der Waals surface area contributed by atoms with Crippen molar-refractivity contribution in [2.24, 2.45) is 23.7 Å². The molecule has 0 heteroatoms. The van der Waals surface area contributed by atoms with Crippen LogP contribution in [0.25, 0.3) is 0 Å². The van der Waals surface area contributed by atoms with Crippen LogP contribution in [0, 0.1) is 23.7 Å². The van der Waals surface area contributed by atoms with Crippen LogP contribution in [0.2, 0.25) is 0 Å². The number of fused-ring (bicyclic) bond motifs is 2. The van der Waals surface area contributed by atoms with Crippen LogP contribution in [-0.4, -0.2) is 0 Å². The zero-order valence-corrected chi connectivity index (χ0v) is 11.8. The van der Waals surface area contributed by atoms with Gasteiger partial charge < -0.3 is 0 Å². The van der Waals surface area contributed by atoms with Crippen LogP contribution in [0.15, 0.2) is 0 Å². The van der Waals surface area contributed by atoms with E-state index in [1.807, 2.05) is 27.7 Å². The maximum Gasteiger partial charge on any atom is -0.0357 e. The van der Waals surface area contributed by atoms with Gasteiger partial charge in [-0.3, -0.25) is 0 Å². The molecule has 92 valence electrons. The van der Waals surface area contributed by atoms with Crippen LogP contribution < -0.4 is 0 Å². The van der Waals surface area contributed by atoms with Gasteiger partial charge in [-0.25, -0.2) is 0 Å². The van der Waals surface area contributed by atoms with E-state index in [0.717, 1.165) is 23.7 Å². The molecule has 2 aliphatic carbocycles. The molecule has 0 aromatic carbocycles. The Morgan fingerprint density at radius 3 is 1.87 bits per heavy atom. The summed E-state index contributed by atoms with van der Waals surface area (Å²) < 4.78 is 0. The van der Waals surface area contributed by atoms with Crippen molar-refractivity contribution in [2.75, 3.05) is 0 Å². The van der Waals surface area contributed by atoms with Crippen molar-refractivity contribution >= 4 is 0 Å². The van der Waals surface area contributed by atoms with E-state index in [-0.39, 0.29) is 0 Å². The molecule has 2 aliphatic rings. The molecule has 2 fully saturated rings. The Hall–Kier alpha value is 0. The molecule has 0 aliphatic heterocycles. The molecule has 0 N–H and O–H groups in total. The van der Waals surface area contributed by atoms with Crippen LogP contribution in [0.1, 0.15) is 73.6 Å². The van der Waals surface area contributed by atoms with Crippen molar-refractivity contribution in [3.05, 3.63) is 0 Å². The minimum atomic E-state index is 1.06. The molecule has 0 aromatic heterocycles. The van der Waals surface area contributed by atoms with Crippen LogP contribution in [0.5, 0.6) is 0 Å². The van der Waals surface area contributed by atoms with Gasteiger partial charge in [-0.15, -0.1) is 0 Å². The molecule has 4 atom stereocenters. The van der Waals surface area contributed by atoms with Crippen LogP contribution in [0.4, 0.5) is 0 Å². The summed E-state index contributed by atoms with van der Waals surface area (Å²) in [5.74, 6) is 4.43.